The van der Waals surface area contributed by atoms with Gasteiger partial charge in [0, 0.05) is 17.7 Å². The van der Waals surface area contributed by atoms with Crippen LogP contribution in [0.3, 0.4) is 0 Å². The van der Waals surface area contributed by atoms with Gasteiger partial charge in [-0.05, 0) is 54.3 Å². The normalized spacial score (nSPS) is 18.6. The molecule has 2 aromatic rings. The fourth-order valence-electron chi connectivity index (χ4n) is 3.62. The number of rotatable bonds is 6. The van der Waals surface area contributed by atoms with Crippen molar-refractivity contribution in [3.8, 4) is 11.5 Å². The van der Waals surface area contributed by atoms with Crippen molar-refractivity contribution in [2.45, 2.75) is 45.6 Å². The summed E-state index contributed by atoms with van der Waals surface area (Å²) < 4.78 is 13.3. The molecule has 2 aliphatic rings. The first-order valence-corrected chi connectivity index (χ1v) is 9.43. The Hall–Kier alpha value is -2.90. The number of ketones is 1. The van der Waals surface area contributed by atoms with Crippen LogP contribution in [0.15, 0.2) is 29.5 Å². The van der Waals surface area contributed by atoms with Gasteiger partial charge in [-0.3, -0.25) is 4.79 Å². The summed E-state index contributed by atoms with van der Waals surface area (Å²) in [5.41, 5.74) is 2.56. The lowest BCUT2D eigenvalue weighted by Gasteiger charge is -2.31. The van der Waals surface area contributed by atoms with Crippen molar-refractivity contribution in [1.29, 1.82) is 0 Å². The van der Waals surface area contributed by atoms with E-state index in [-0.39, 0.29) is 11.8 Å². The summed E-state index contributed by atoms with van der Waals surface area (Å²) in [6.45, 7) is 5.15. The molecule has 4 rings (SSSR count). The number of fused-ring (bicyclic) bond motifs is 1. The maximum atomic E-state index is 12.7. The predicted octanol–water partition coefficient (Wildman–Crippen LogP) is 2.88. The molecule has 0 spiro atoms. The van der Waals surface area contributed by atoms with E-state index < -0.39 is 0 Å². The van der Waals surface area contributed by atoms with Crippen LogP contribution in [-0.2, 0) is 4.79 Å². The van der Waals surface area contributed by atoms with E-state index in [1.165, 1.54) is 0 Å². The zero-order chi connectivity index (χ0) is 18.8. The summed E-state index contributed by atoms with van der Waals surface area (Å²) in [5.74, 6) is 2.07. The molecule has 1 aliphatic heterocycles. The highest BCUT2D eigenvalue weighted by Gasteiger charge is 2.36. The molecule has 2 heterocycles. The van der Waals surface area contributed by atoms with Crippen molar-refractivity contribution in [2.24, 2.45) is 0 Å². The fourth-order valence-corrected chi connectivity index (χ4v) is 3.62. The number of nitrogens with zero attached hydrogens (tertiary/aromatic N) is 4. The van der Waals surface area contributed by atoms with Crippen molar-refractivity contribution in [3.05, 3.63) is 35.0 Å². The quantitative estimate of drug-likeness (QED) is 0.837. The van der Waals surface area contributed by atoms with Crippen molar-refractivity contribution >= 4 is 11.7 Å². The summed E-state index contributed by atoms with van der Waals surface area (Å²) in [6.07, 6.45) is 3.12. The Balaban J connectivity index is 1.80. The maximum Gasteiger partial charge on any atom is 0.248 e. The minimum absolute atomic E-state index is 0.138. The first-order valence-electron chi connectivity index (χ1n) is 9.43. The van der Waals surface area contributed by atoms with Crippen LogP contribution in [0, 0.1) is 0 Å². The number of aromatic nitrogens is 4. The molecular formula is C19H23N5O3. The number of tetrazole rings is 1. The first kappa shape index (κ1) is 17.5. The third kappa shape index (κ3) is 3.15. The van der Waals surface area contributed by atoms with Gasteiger partial charge in [-0.2, -0.15) is 4.68 Å². The van der Waals surface area contributed by atoms with Crippen LogP contribution in [0.5, 0.6) is 11.5 Å². The molecule has 27 heavy (non-hydrogen) atoms. The molecule has 1 atom stereocenters. The lowest BCUT2D eigenvalue weighted by molar-refractivity contribution is -0.116. The largest absolute Gasteiger partial charge is 0.490 e. The summed E-state index contributed by atoms with van der Waals surface area (Å²) >= 11 is 0. The molecule has 0 radical (unpaired) electrons. The summed E-state index contributed by atoms with van der Waals surface area (Å²) in [4.78, 5) is 12.7. The van der Waals surface area contributed by atoms with Crippen LogP contribution in [0.1, 0.15) is 51.1 Å². The molecule has 8 nitrogen and oxygen atoms in total. The molecule has 1 N–H and O–H groups in total. The second-order valence-corrected chi connectivity index (χ2v) is 6.63. The van der Waals surface area contributed by atoms with E-state index in [4.69, 9.17) is 9.47 Å². The van der Waals surface area contributed by atoms with E-state index in [9.17, 15) is 4.79 Å². The lowest BCUT2D eigenvalue weighted by Crippen LogP contribution is -2.31. The number of anilines is 1. The number of Topliss-reactive ketones (excluding diaryl/α,β-unsaturated/α-hetero) is 1. The number of benzene rings is 1. The van der Waals surface area contributed by atoms with Crippen molar-refractivity contribution in [2.75, 3.05) is 18.5 Å². The van der Waals surface area contributed by atoms with E-state index >= 15 is 0 Å². The van der Waals surface area contributed by atoms with Gasteiger partial charge in [0.2, 0.25) is 5.95 Å². The molecule has 1 aromatic heterocycles. The van der Waals surface area contributed by atoms with Gasteiger partial charge < -0.3 is 14.8 Å². The monoisotopic (exact) mass is 369 g/mol. The van der Waals surface area contributed by atoms with Gasteiger partial charge in [-0.25, -0.2) is 0 Å². The van der Waals surface area contributed by atoms with Gasteiger partial charge in [0.25, 0.3) is 0 Å². The number of hydrogen-bond acceptors (Lipinski definition) is 7. The van der Waals surface area contributed by atoms with E-state index in [1.807, 2.05) is 25.1 Å². The molecule has 1 aromatic carbocycles. The van der Waals surface area contributed by atoms with Crippen molar-refractivity contribution < 1.29 is 14.3 Å². The van der Waals surface area contributed by atoms with Crippen molar-refractivity contribution in [1.82, 2.24) is 20.2 Å². The number of nitrogens with one attached hydrogen (secondary N) is 1. The molecule has 8 heteroatoms. The third-order valence-corrected chi connectivity index (χ3v) is 4.77. The SMILES string of the molecule is CCCOc1ccc(C2C3=C(CCCC3=O)Nc3nnnn32)cc1OCC. The summed E-state index contributed by atoms with van der Waals surface area (Å²) in [6, 6.07) is 5.43. The van der Waals surface area contributed by atoms with Crippen LogP contribution in [0.2, 0.25) is 0 Å². The molecule has 0 saturated carbocycles. The maximum absolute atomic E-state index is 12.7. The lowest BCUT2D eigenvalue weighted by atomic mass is 9.85. The Morgan fingerprint density at radius 2 is 2.11 bits per heavy atom. The number of carbonyl (C=O) groups is 1. The fraction of sp³-hybridized carbons (Fsp3) is 0.474. The average Bonchev–Trinajstić information content (AvgIpc) is 3.14. The second kappa shape index (κ2) is 7.38. The Labute approximate surface area is 157 Å². The average molecular weight is 369 g/mol. The zero-order valence-electron chi connectivity index (χ0n) is 15.6. The Bertz CT molecular complexity index is 889. The zero-order valence-corrected chi connectivity index (χ0v) is 15.6. The van der Waals surface area contributed by atoms with E-state index in [1.54, 1.807) is 4.68 Å². The van der Waals surface area contributed by atoms with Crippen LogP contribution in [0.25, 0.3) is 0 Å². The third-order valence-electron chi connectivity index (χ3n) is 4.77. The van der Waals surface area contributed by atoms with Gasteiger partial charge in [0.05, 0.1) is 13.2 Å². The number of allylic oxidation sites excluding steroid dienone is 2. The first-order chi connectivity index (χ1) is 13.2. The number of ether oxygens (including phenoxy) is 2. The topological polar surface area (TPSA) is 91.2 Å². The molecule has 0 saturated heterocycles. The summed E-state index contributed by atoms with van der Waals surface area (Å²) in [5, 5.41) is 15.2. The molecular weight excluding hydrogens is 346 g/mol. The predicted molar refractivity (Wildman–Crippen MR) is 98.9 cm³/mol. The molecule has 0 fully saturated rings. The van der Waals surface area contributed by atoms with E-state index in [2.05, 4.69) is 27.8 Å². The van der Waals surface area contributed by atoms with Gasteiger partial charge in [-0.15, -0.1) is 0 Å². The smallest absolute Gasteiger partial charge is 0.248 e. The Kier molecular flexibility index (Phi) is 4.79. The highest BCUT2D eigenvalue weighted by molar-refractivity contribution is 5.99. The van der Waals surface area contributed by atoms with Crippen LogP contribution >= 0.6 is 0 Å². The van der Waals surface area contributed by atoms with E-state index in [0.717, 1.165) is 36.1 Å². The molecule has 1 unspecified atom stereocenters. The van der Waals surface area contributed by atoms with Gasteiger partial charge in [0.15, 0.2) is 17.3 Å². The Morgan fingerprint density at radius 3 is 2.93 bits per heavy atom. The Morgan fingerprint density at radius 1 is 1.22 bits per heavy atom. The standard InChI is InChI=1S/C19H23N5O3/c1-3-10-27-15-9-8-12(11-16(15)26-4-2)18-17-13(6-5-7-14(17)25)20-19-21-22-23-24(18)19/h8-9,11,18H,3-7,10H2,1-2H3,(H,20,21,23). The minimum Gasteiger partial charge on any atom is -0.490 e. The minimum atomic E-state index is -0.363. The van der Waals surface area contributed by atoms with Crippen molar-refractivity contribution in [3.63, 3.8) is 0 Å². The van der Waals surface area contributed by atoms with Gasteiger partial charge >= 0.3 is 0 Å². The highest BCUT2D eigenvalue weighted by atomic mass is 16.5. The number of carbonyl (C=O) groups excluding carboxylic acids is 1. The molecule has 1 aliphatic carbocycles. The van der Waals surface area contributed by atoms with Crippen LogP contribution in [-0.4, -0.2) is 39.2 Å². The van der Waals surface area contributed by atoms with Crippen LogP contribution < -0.4 is 14.8 Å². The second-order valence-electron chi connectivity index (χ2n) is 6.63. The summed E-state index contributed by atoms with van der Waals surface area (Å²) in [7, 11) is 0. The van der Waals surface area contributed by atoms with Gasteiger partial charge in [0.1, 0.15) is 6.04 Å². The van der Waals surface area contributed by atoms with E-state index in [0.29, 0.717) is 37.1 Å². The molecule has 0 amide bonds. The molecule has 0 bridgehead atoms. The van der Waals surface area contributed by atoms with Gasteiger partial charge in [-0.1, -0.05) is 18.1 Å². The van der Waals surface area contributed by atoms with Crippen LogP contribution in [0.4, 0.5) is 5.95 Å². The number of hydrogen-bond donors (Lipinski definition) is 1. The highest BCUT2D eigenvalue weighted by Crippen LogP contribution is 2.41. The molecule has 142 valence electrons.